The molecule has 4 nitrogen and oxygen atoms in total. The van der Waals surface area contributed by atoms with Gasteiger partial charge >= 0.3 is 0 Å². The summed E-state index contributed by atoms with van der Waals surface area (Å²) in [7, 11) is 0. The zero-order chi connectivity index (χ0) is 32.8. The molecule has 3 aromatic heterocycles. The van der Waals surface area contributed by atoms with Crippen LogP contribution in [0.5, 0.6) is 0 Å². The van der Waals surface area contributed by atoms with Gasteiger partial charge < -0.3 is 4.57 Å². The Bertz CT molecular complexity index is 3150. The second kappa shape index (κ2) is 10.4. The Labute approximate surface area is 287 Å². The Hall–Kier alpha value is -6.78. The van der Waals surface area contributed by atoms with E-state index in [0.29, 0.717) is 0 Å². The van der Waals surface area contributed by atoms with Crippen molar-refractivity contribution in [3.05, 3.63) is 170 Å². The van der Waals surface area contributed by atoms with Crippen molar-refractivity contribution in [1.82, 2.24) is 19.1 Å². The maximum atomic E-state index is 5.41. The van der Waals surface area contributed by atoms with Gasteiger partial charge in [-0.05, 0) is 76.1 Å². The lowest BCUT2D eigenvalue weighted by molar-refractivity contribution is 1.08. The predicted octanol–water partition coefficient (Wildman–Crippen LogP) is 11.8. The van der Waals surface area contributed by atoms with Gasteiger partial charge in [0.15, 0.2) is 5.82 Å². The molecule has 0 aliphatic rings. The molecule has 0 aliphatic heterocycles. The SMILES string of the molecule is c1ccc(-n2c3cc(-c4nc5ccccc5nc4-n4c5ccccc5c5cc6ccccc6cc54)ccc3c3c4ccccc4ccc32)cc1. The van der Waals surface area contributed by atoms with Crippen LogP contribution < -0.4 is 0 Å². The van der Waals surface area contributed by atoms with Crippen LogP contribution in [0.2, 0.25) is 0 Å². The third kappa shape index (κ3) is 3.87. The van der Waals surface area contributed by atoms with E-state index in [1.807, 2.05) is 12.1 Å². The zero-order valence-electron chi connectivity index (χ0n) is 27.0. The molecule has 0 unspecified atom stereocenters. The molecule has 3 heterocycles. The van der Waals surface area contributed by atoms with Crippen LogP contribution in [0.1, 0.15) is 0 Å². The third-order valence-electron chi connectivity index (χ3n) is 10.2. The van der Waals surface area contributed by atoms with E-state index in [0.717, 1.165) is 50.3 Å². The quantitative estimate of drug-likeness (QED) is 0.193. The van der Waals surface area contributed by atoms with Crippen LogP contribution in [0.15, 0.2) is 170 Å². The van der Waals surface area contributed by atoms with Crippen molar-refractivity contribution in [2.75, 3.05) is 0 Å². The van der Waals surface area contributed by atoms with Gasteiger partial charge in [0.25, 0.3) is 0 Å². The zero-order valence-corrected chi connectivity index (χ0v) is 27.0. The van der Waals surface area contributed by atoms with E-state index >= 15 is 0 Å². The number of fused-ring (bicyclic) bond motifs is 10. The molecule has 0 aliphatic carbocycles. The molecule has 4 heteroatoms. The molecule has 0 saturated heterocycles. The van der Waals surface area contributed by atoms with Crippen LogP contribution in [-0.2, 0) is 0 Å². The van der Waals surface area contributed by atoms with Crippen molar-refractivity contribution in [3.63, 3.8) is 0 Å². The van der Waals surface area contributed by atoms with Crippen molar-refractivity contribution >= 4 is 76.2 Å². The molecular weight excluding hydrogens is 609 g/mol. The van der Waals surface area contributed by atoms with Gasteiger partial charge in [-0.1, -0.05) is 115 Å². The average molecular weight is 637 g/mol. The Kier molecular flexibility index (Phi) is 5.63. The molecule has 0 amide bonds. The highest BCUT2D eigenvalue weighted by Crippen LogP contribution is 2.41. The molecule has 8 aromatic carbocycles. The Morgan fingerprint density at radius 2 is 1.02 bits per heavy atom. The molecule has 0 radical (unpaired) electrons. The number of aromatic nitrogens is 4. The van der Waals surface area contributed by atoms with Crippen molar-refractivity contribution in [3.8, 4) is 22.8 Å². The normalized spacial score (nSPS) is 12.0. The van der Waals surface area contributed by atoms with Crippen LogP contribution >= 0.6 is 0 Å². The fraction of sp³-hybridized carbons (Fsp3) is 0. The van der Waals surface area contributed by atoms with Crippen molar-refractivity contribution < 1.29 is 0 Å². The molecule has 0 N–H and O–H groups in total. The summed E-state index contributed by atoms with van der Waals surface area (Å²) in [6, 6.07) is 60.7. The average Bonchev–Trinajstić information content (AvgIpc) is 3.69. The number of benzene rings is 8. The smallest absolute Gasteiger partial charge is 0.165 e. The van der Waals surface area contributed by atoms with E-state index < -0.39 is 0 Å². The largest absolute Gasteiger partial charge is 0.309 e. The van der Waals surface area contributed by atoms with E-state index in [1.54, 1.807) is 0 Å². The molecule has 0 saturated carbocycles. The van der Waals surface area contributed by atoms with E-state index in [9.17, 15) is 0 Å². The fourth-order valence-electron chi connectivity index (χ4n) is 8.01. The van der Waals surface area contributed by atoms with Crippen LogP contribution in [0.3, 0.4) is 0 Å². The number of rotatable bonds is 3. The Morgan fingerprint density at radius 3 is 1.86 bits per heavy atom. The molecule has 0 atom stereocenters. The molecule has 0 bridgehead atoms. The van der Waals surface area contributed by atoms with Crippen molar-refractivity contribution in [2.24, 2.45) is 0 Å². The summed E-state index contributed by atoms with van der Waals surface area (Å²) in [5, 5.41) is 9.77. The minimum absolute atomic E-state index is 0.817. The first-order valence-corrected chi connectivity index (χ1v) is 17.0. The summed E-state index contributed by atoms with van der Waals surface area (Å²) >= 11 is 0. The fourth-order valence-corrected chi connectivity index (χ4v) is 8.01. The summed E-state index contributed by atoms with van der Waals surface area (Å²) in [5.74, 6) is 0.817. The van der Waals surface area contributed by atoms with Gasteiger partial charge in [0.05, 0.1) is 33.1 Å². The van der Waals surface area contributed by atoms with E-state index in [-0.39, 0.29) is 0 Å². The van der Waals surface area contributed by atoms with Crippen LogP contribution in [0, 0.1) is 0 Å². The van der Waals surface area contributed by atoms with Crippen LogP contribution in [0.25, 0.3) is 99.0 Å². The number of nitrogens with zero attached hydrogens (tertiary/aromatic N) is 4. The molecular formula is C46H28N4. The first-order chi connectivity index (χ1) is 24.8. The summed E-state index contributed by atoms with van der Waals surface area (Å²) in [5.41, 5.74) is 9.25. The third-order valence-corrected chi connectivity index (χ3v) is 10.2. The van der Waals surface area contributed by atoms with Crippen molar-refractivity contribution in [2.45, 2.75) is 0 Å². The molecule has 11 rings (SSSR count). The lowest BCUT2D eigenvalue weighted by Gasteiger charge is -2.14. The van der Waals surface area contributed by atoms with Gasteiger partial charge in [-0.3, -0.25) is 4.57 Å². The summed E-state index contributed by atoms with van der Waals surface area (Å²) in [6.07, 6.45) is 0. The van der Waals surface area contributed by atoms with E-state index in [1.165, 1.54) is 48.6 Å². The number of hydrogen-bond donors (Lipinski definition) is 0. The maximum Gasteiger partial charge on any atom is 0.165 e. The van der Waals surface area contributed by atoms with Crippen molar-refractivity contribution in [1.29, 1.82) is 0 Å². The predicted molar refractivity (Wildman–Crippen MR) is 209 cm³/mol. The van der Waals surface area contributed by atoms with Gasteiger partial charge in [0, 0.05) is 32.8 Å². The summed E-state index contributed by atoms with van der Waals surface area (Å²) in [6.45, 7) is 0. The topological polar surface area (TPSA) is 35.6 Å². The lowest BCUT2D eigenvalue weighted by atomic mass is 10.0. The number of hydrogen-bond acceptors (Lipinski definition) is 2. The summed E-state index contributed by atoms with van der Waals surface area (Å²) in [4.78, 5) is 10.8. The van der Waals surface area contributed by atoms with Crippen LogP contribution in [0.4, 0.5) is 0 Å². The molecule has 11 aromatic rings. The van der Waals surface area contributed by atoms with Gasteiger partial charge in [-0.2, -0.15) is 0 Å². The highest BCUT2D eigenvalue weighted by molar-refractivity contribution is 6.22. The molecule has 50 heavy (non-hydrogen) atoms. The first kappa shape index (κ1) is 27.2. The van der Waals surface area contributed by atoms with Gasteiger partial charge in [0.1, 0.15) is 5.69 Å². The maximum absolute atomic E-state index is 5.41. The summed E-state index contributed by atoms with van der Waals surface area (Å²) < 4.78 is 4.71. The first-order valence-electron chi connectivity index (χ1n) is 17.0. The molecule has 0 fully saturated rings. The second-order valence-corrected chi connectivity index (χ2v) is 13.0. The molecule has 0 spiro atoms. The Morgan fingerprint density at radius 1 is 0.360 bits per heavy atom. The van der Waals surface area contributed by atoms with Gasteiger partial charge in [-0.15, -0.1) is 0 Å². The highest BCUT2D eigenvalue weighted by atomic mass is 15.1. The second-order valence-electron chi connectivity index (χ2n) is 13.0. The van der Waals surface area contributed by atoms with Crippen LogP contribution in [-0.4, -0.2) is 19.1 Å². The monoisotopic (exact) mass is 636 g/mol. The minimum atomic E-state index is 0.817. The molecule has 232 valence electrons. The van der Waals surface area contributed by atoms with E-state index in [2.05, 4.69) is 167 Å². The lowest BCUT2D eigenvalue weighted by Crippen LogP contribution is -2.04. The van der Waals surface area contributed by atoms with E-state index in [4.69, 9.17) is 9.97 Å². The Balaban J connectivity index is 1.27. The number of para-hydroxylation sites is 4. The van der Waals surface area contributed by atoms with Gasteiger partial charge in [0.2, 0.25) is 0 Å². The standard InChI is InChI=1S/C46H28N4/c1-2-15-33(16-3-1)49-41-25-23-29-12-6-7-17-34(29)44(41)36-24-22-32(28-42(36)49)45-46(48-39-20-10-9-19-38(39)47-45)50-40-21-11-8-18-35(40)37-26-30-13-4-5-14-31(30)27-43(37)50/h1-28H. The highest BCUT2D eigenvalue weighted by Gasteiger charge is 2.22. The van der Waals surface area contributed by atoms with Gasteiger partial charge in [-0.25, -0.2) is 9.97 Å². The minimum Gasteiger partial charge on any atom is -0.309 e.